The summed E-state index contributed by atoms with van der Waals surface area (Å²) in [7, 11) is 0. The Balaban J connectivity index is 1.31. The van der Waals surface area contributed by atoms with Crippen molar-refractivity contribution in [1.29, 1.82) is 0 Å². The maximum atomic E-state index is 12.7. The second-order valence-electron chi connectivity index (χ2n) is 9.56. The number of fused-ring (bicyclic) bond motifs is 2. The number of hydrogen-bond donors (Lipinski definition) is 0. The first kappa shape index (κ1) is 21.8. The lowest BCUT2D eigenvalue weighted by Gasteiger charge is -2.31. The number of halogens is 1. The van der Waals surface area contributed by atoms with E-state index < -0.39 is 0 Å². The number of furan rings is 1. The number of benzene rings is 1. The molecule has 1 saturated heterocycles. The first-order chi connectivity index (χ1) is 15.8. The summed E-state index contributed by atoms with van der Waals surface area (Å²) in [4.78, 5) is 19.2. The summed E-state index contributed by atoms with van der Waals surface area (Å²) < 4.78 is 13.7. The number of rotatable bonds is 5. The van der Waals surface area contributed by atoms with Crippen LogP contribution < -0.4 is 4.74 Å². The Hall–Kier alpha value is -3.06. The van der Waals surface area contributed by atoms with Crippen LogP contribution in [0.5, 0.6) is 5.88 Å². The van der Waals surface area contributed by atoms with Crippen LogP contribution in [-0.2, 0) is 4.79 Å². The number of imidazole rings is 1. The molecule has 33 heavy (non-hydrogen) atoms. The second-order valence-corrected chi connectivity index (χ2v) is 10.00. The monoisotopic (exact) mass is 466 g/mol. The van der Waals surface area contributed by atoms with Crippen LogP contribution in [0.1, 0.15) is 40.0 Å². The first-order valence-corrected chi connectivity index (χ1v) is 11.7. The molecule has 4 heterocycles. The molecule has 0 unspecified atom stereocenters. The minimum atomic E-state index is -0.365. The van der Waals surface area contributed by atoms with Gasteiger partial charge in [-0.15, -0.1) is 5.10 Å². The number of nitrogens with zero attached hydrogens (tertiary/aromatic N) is 4. The van der Waals surface area contributed by atoms with E-state index >= 15 is 0 Å². The molecule has 1 aliphatic heterocycles. The van der Waals surface area contributed by atoms with Gasteiger partial charge in [-0.05, 0) is 43.2 Å². The zero-order valence-electron chi connectivity index (χ0n) is 19.0. The van der Waals surface area contributed by atoms with E-state index in [4.69, 9.17) is 20.8 Å². The summed E-state index contributed by atoms with van der Waals surface area (Å²) in [5.74, 6) is 1.37. The van der Waals surface area contributed by atoms with Gasteiger partial charge in [0, 0.05) is 40.9 Å². The molecule has 1 fully saturated rings. The smallest absolute Gasteiger partial charge is 0.231 e. The first-order valence-electron chi connectivity index (χ1n) is 11.3. The van der Waals surface area contributed by atoms with E-state index in [1.807, 2.05) is 56.0 Å². The van der Waals surface area contributed by atoms with E-state index in [0.29, 0.717) is 28.9 Å². The van der Waals surface area contributed by atoms with Crippen molar-refractivity contribution >= 4 is 34.1 Å². The topological polar surface area (TPSA) is 72.9 Å². The number of likely N-dealkylation sites (tertiary alicyclic amines) is 1. The highest BCUT2D eigenvalue weighted by Gasteiger charge is 2.34. The minimum Gasteiger partial charge on any atom is -0.477 e. The highest BCUT2D eigenvalue weighted by atomic mass is 35.5. The summed E-state index contributed by atoms with van der Waals surface area (Å²) in [6.45, 7) is 7.23. The zero-order chi connectivity index (χ0) is 23.2. The largest absolute Gasteiger partial charge is 0.477 e. The molecule has 1 aromatic carbocycles. The van der Waals surface area contributed by atoms with Crippen LogP contribution in [0.25, 0.3) is 28.1 Å². The van der Waals surface area contributed by atoms with Crippen molar-refractivity contribution in [3.63, 3.8) is 0 Å². The van der Waals surface area contributed by atoms with Gasteiger partial charge in [0.25, 0.3) is 0 Å². The number of aromatic nitrogens is 3. The number of carbonyl (C=O) groups is 1. The van der Waals surface area contributed by atoms with Crippen molar-refractivity contribution in [2.75, 3.05) is 13.2 Å². The van der Waals surface area contributed by atoms with Crippen molar-refractivity contribution in [2.24, 2.45) is 5.41 Å². The number of carbonyl (C=O) groups excluding carboxylic acids is 1. The van der Waals surface area contributed by atoms with E-state index in [-0.39, 0.29) is 17.4 Å². The Labute approximate surface area is 197 Å². The lowest BCUT2D eigenvalue weighted by Crippen LogP contribution is -2.42. The van der Waals surface area contributed by atoms with Gasteiger partial charge in [0.1, 0.15) is 11.3 Å². The molecule has 0 aliphatic carbocycles. The van der Waals surface area contributed by atoms with Gasteiger partial charge < -0.3 is 14.1 Å². The molecule has 0 N–H and O–H groups in total. The van der Waals surface area contributed by atoms with Crippen molar-refractivity contribution < 1.29 is 13.9 Å². The summed E-state index contributed by atoms with van der Waals surface area (Å²) >= 11 is 6.10. The zero-order valence-corrected chi connectivity index (χ0v) is 19.8. The van der Waals surface area contributed by atoms with Gasteiger partial charge in [-0.2, -0.15) is 0 Å². The molecule has 0 spiro atoms. The molecule has 7 nitrogen and oxygen atoms in total. The van der Waals surface area contributed by atoms with Gasteiger partial charge in [-0.3, -0.25) is 4.79 Å². The van der Waals surface area contributed by atoms with Gasteiger partial charge in [0.15, 0.2) is 11.4 Å². The van der Waals surface area contributed by atoms with E-state index in [1.165, 1.54) is 0 Å². The van der Waals surface area contributed by atoms with Crippen molar-refractivity contribution in [1.82, 2.24) is 19.5 Å². The summed E-state index contributed by atoms with van der Waals surface area (Å²) in [5.41, 5.74) is 1.83. The molecular weight excluding hydrogens is 440 g/mol. The van der Waals surface area contributed by atoms with Gasteiger partial charge in [0.05, 0.1) is 12.8 Å². The van der Waals surface area contributed by atoms with Gasteiger partial charge in [-0.1, -0.05) is 32.4 Å². The summed E-state index contributed by atoms with van der Waals surface area (Å²) in [6, 6.07) is 11.4. The lowest BCUT2D eigenvalue weighted by molar-refractivity contribution is -0.140. The second kappa shape index (κ2) is 8.37. The average Bonchev–Trinajstić information content (AvgIpc) is 3.49. The van der Waals surface area contributed by atoms with Crippen LogP contribution in [0.2, 0.25) is 5.02 Å². The maximum Gasteiger partial charge on any atom is 0.231 e. The van der Waals surface area contributed by atoms with Gasteiger partial charge in [0.2, 0.25) is 11.8 Å². The van der Waals surface area contributed by atoms with Crippen molar-refractivity contribution in [2.45, 2.75) is 46.1 Å². The van der Waals surface area contributed by atoms with Gasteiger partial charge >= 0.3 is 0 Å². The van der Waals surface area contributed by atoms with Crippen LogP contribution in [0.15, 0.2) is 47.0 Å². The molecule has 5 rings (SSSR count). The SMILES string of the molecule is CC(C)(C)C(=O)N1CCC[C@H]1CCOc1ccc2ncc(-c3cc4cc(Cl)ccc4o3)n2n1. The Morgan fingerprint density at radius 2 is 2.09 bits per heavy atom. The van der Waals surface area contributed by atoms with E-state index in [9.17, 15) is 4.79 Å². The third-order valence-electron chi connectivity index (χ3n) is 6.05. The molecule has 172 valence electrons. The third-order valence-corrected chi connectivity index (χ3v) is 6.28. The molecule has 4 aromatic rings. The molecule has 0 radical (unpaired) electrons. The Kier molecular flexibility index (Phi) is 5.52. The van der Waals surface area contributed by atoms with Crippen molar-refractivity contribution in [3.05, 3.63) is 47.6 Å². The highest BCUT2D eigenvalue weighted by Crippen LogP contribution is 2.30. The lowest BCUT2D eigenvalue weighted by atomic mass is 9.94. The molecule has 0 bridgehead atoms. The molecule has 1 aliphatic rings. The highest BCUT2D eigenvalue weighted by molar-refractivity contribution is 6.31. The molecule has 8 heteroatoms. The third kappa shape index (κ3) is 4.29. The van der Waals surface area contributed by atoms with Crippen LogP contribution in [0.4, 0.5) is 0 Å². The number of amides is 1. The minimum absolute atomic E-state index is 0.208. The van der Waals surface area contributed by atoms with Crippen molar-refractivity contribution in [3.8, 4) is 17.3 Å². The van der Waals surface area contributed by atoms with Gasteiger partial charge in [-0.25, -0.2) is 9.50 Å². The summed E-state index contributed by atoms with van der Waals surface area (Å²) in [6.07, 6.45) is 4.57. The molecule has 1 amide bonds. The number of ether oxygens (including phenoxy) is 1. The Morgan fingerprint density at radius 3 is 2.91 bits per heavy atom. The molecular formula is C25H27ClN4O3. The van der Waals surface area contributed by atoms with E-state index in [2.05, 4.69) is 10.1 Å². The fraction of sp³-hybridized carbons (Fsp3) is 0.400. The van der Waals surface area contributed by atoms with E-state index in [1.54, 1.807) is 16.8 Å². The molecule has 1 atom stereocenters. The summed E-state index contributed by atoms with van der Waals surface area (Å²) in [5, 5.41) is 6.20. The van der Waals surface area contributed by atoms with Crippen LogP contribution >= 0.6 is 11.6 Å². The van der Waals surface area contributed by atoms with E-state index in [0.717, 1.165) is 42.5 Å². The Morgan fingerprint density at radius 1 is 1.24 bits per heavy atom. The predicted molar refractivity (Wildman–Crippen MR) is 128 cm³/mol. The number of hydrogen-bond acceptors (Lipinski definition) is 5. The fourth-order valence-corrected chi connectivity index (χ4v) is 4.56. The molecule has 3 aromatic heterocycles. The molecule has 0 saturated carbocycles. The predicted octanol–water partition coefficient (Wildman–Crippen LogP) is 5.60. The quantitative estimate of drug-likeness (QED) is 0.382. The van der Waals surface area contributed by atoms with Crippen LogP contribution in [0.3, 0.4) is 0 Å². The van der Waals surface area contributed by atoms with Crippen LogP contribution in [0, 0.1) is 5.41 Å². The normalized spacial score (nSPS) is 16.7. The van der Waals surface area contributed by atoms with Crippen LogP contribution in [-0.4, -0.2) is 44.6 Å². The maximum absolute atomic E-state index is 12.7. The average molecular weight is 467 g/mol. The standard InChI is InChI=1S/C25H27ClN4O3/c1-25(2,3)24(31)29-11-4-5-18(29)10-12-32-23-9-8-22-27-15-19(30(22)28-23)21-14-16-13-17(26)6-7-20(16)33-21/h6-9,13-15,18H,4-5,10-12H2,1-3H3/t18-/m0/s1. The fourth-order valence-electron chi connectivity index (χ4n) is 4.38. The Bertz CT molecular complexity index is 1320.